The van der Waals surface area contributed by atoms with Gasteiger partial charge < -0.3 is 0 Å². The van der Waals surface area contributed by atoms with Crippen LogP contribution in [0.5, 0.6) is 0 Å². The highest BCUT2D eigenvalue weighted by Gasteiger charge is 2.14. The summed E-state index contributed by atoms with van der Waals surface area (Å²) in [4.78, 5) is 4.06. The molecule has 0 atom stereocenters. The predicted molar refractivity (Wildman–Crippen MR) is 62.9 cm³/mol. The molecule has 0 aliphatic heterocycles. The SMILES string of the molecule is CCCCn1nnc(C#N)c1-c1cccnc1. The fourth-order valence-corrected chi connectivity index (χ4v) is 1.64. The van der Waals surface area contributed by atoms with Crippen molar-refractivity contribution in [3.8, 4) is 17.3 Å². The Hall–Kier alpha value is -2.22. The topological polar surface area (TPSA) is 67.4 Å². The van der Waals surface area contributed by atoms with E-state index in [2.05, 4.69) is 28.3 Å². The summed E-state index contributed by atoms with van der Waals surface area (Å²) in [7, 11) is 0. The highest BCUT2D eigenvalue weighted by Crippen LogP contribution is 2.20. The number of unbranched alkanes of at least 4 members (excludes halogenated alkanes) is 1. The molecule has 2 rings (SSSR count). The molecule has 0 unspecified atom stereocenters. The Balaban J connectivity index is 2.43. The van der Waals surface area contributed by atoms with Gasteiger partial charge in [0.15, 0.2) is 5.69 Å². The lowest BCUT2D eigenvalue weighted by Crippen LogP contribution is -2.02. The molecule has 0 N–H and O–H groups in total. The van der Waals surface area contributed by atoms with E-state index >= 15 is 0 Å². The van der Waals surface area contributed by atoms with Crippen LogP contribution in [0.2, 0.25) is 0 Å². The van der Waals surface area contributed by atoms with Gasteiger partial charge in [-0.3, -0.25) is 4.98 Å². The highest BCUT2D eigenvalue weighted by atomic mass is 15.4. The van der Waals surface area contributed by atoms with Crippen LogP contribution in [0.15, 0.2) is 24.5 Å². The van der Waals surface area contributed by atoms with E-state index in [1.165, 1.54) is 0 Å². The lowest BCUT2D eigenvalue weighted by molar-refractivity contribution is 0.557. The van der Waals surface area contributed by atoms with Crippen LogP contribution in [-0.4, -0.2) is 20.0 Å². The maximum absolute atomic E-state index is 9.03. The molecule has 0 bridgehead atoms. The van der Waals surface area contributed by atoms with Crippen molar-refractivity contribution in [1.29, 1.82) is 5.26 Å². The summed E-state index contributed by atoms with van der Waals surface area (Å²) in [5.74, 6) is 0. The number of rotatable bonds is 4. The second-order valence-electron chi connectivity index (χ2n) is 3.72. The minimum Gasteiger partial charge on any atom is -0.264 e. The van der Waals surface area contributed by atoms with E-state index in [0.717, 1.165) is 30.6 Å². The van der Waals surface area contributed by atoms with Crippen molar-refractivity contribution in [2.24, 2.45) is 0 Å². The summed E-state index contributed by atoms with van der Waals surface area (Å²) in [5.41, 5.74) is 1.99. The van der Waals surface area contributed by atoms with Crippen LogP contribution in [0.3, 0.4) is 0 Å². The van der Waals surface area contributed by atoms with Gasteiger partial charge in [-0.05, 0) is 18.6 Å². The highest BCUT2D eigenvalue weighted by molar-refractivity contribution is 5.63. The molecule has 0 amide bonds. The quantitative estimate of drug-likeness (QED) is 0.801. The maximum atomic E-state index is 9.03. The lowest BCUT2D eigenvalue weighted by Gasteiger charge is -2.05. The van der Waals surface area contributed by atoms with Crippen LogP contribution < -0.4 is 0 Å². The van der Waals surface area contributed by atoms with E-state index in [-0.39, 0.29) is 0 Å². The van der Waals surface area contributed by atoms with E-state index in [9.17, 15) is 0 Å². The second-order valence-corrected chi connectivity index (χ2v) is 3.72. The number of pyridine rings is 1. The zero-order valence-electron chi connectivity index (χ0n) is 9.67. The molecule has 0 aliphatic carbocycles. The zero-order valence-corrected chi connectivity index (χ0v) is 9.67. The van der Waals surface area contributed by atoms with Crippen LogP contribution >= 0.6 is 0 Å². The molecule has 2 aromatic heterocycles. The Morgan fingerprint density at radius 3 is 3.00 bits per heavy atom. The third-order valence-corrected chi connectivity index (χ3v) is 2.50. The maximum Gasteiger partial charge on any atom is 0.190 e. The Morgan fingerprint density at radius 2 is 2.35 bits per heavy atom. The molecule has 5 nitrogen and oxygen atoms in total. The molecule has 5 heteroatoms. The Kier molecular flexibility index (Phi) is 3.46. The van der Waals surface area contributed by atoms with Gasteiger partial charge in [-0.1, -0.05) is 18.6 Å². The Labute approximate surface area is 99.7 Å². The summed E-state index contributed by atoms with van der Waals surface area (Å²) >= 11 is 0. The molecular weight excluding hydrogens is 214 g/mol. The third kappa shape index (κ3) is 2.31. The molecule has 0 radical (unpaired) electrons. The van der Waals surface area contributed by atoms with E-state index in [1.54, 1.807) is 17.1 Å². The summed E-state index contributed by atoms with van der Waals surface area (Å²) in [6.45, 7) is 2.89. The van der Waals surface area contributed by atoms with Crippen molar-refractivity contribution in [3.05, 3.63) is 30.2 Å². The van der Waals surface area contributed by atoms with Crippen LogP contribution in [0, 0.1) is 11.3 Å². The number of nitriles is 1. The molecule has 2 aromatic rings. The molecular formula is C12H13N5. The molecule has 17 heavy (non-hydrogen) atoms. The fraction of sp³-hybridized carbons (Fsp3) is 0.333. The largest absolute Gasteiger partial charge is 0.264 e. The number of hydrogen-bond donors (Lipinski definition) is 0. The molecule has 0 spiro atoms. The summed E-state index contributed by atoms with van der Waals surface area (Å²) in [5, 5.41) is 16.9. The lowest BCUT2D eigenvalue weighted by atomic mass is 10.1. The van der Waals surface area contributed by atoms with Gasteiger partial charge in [0, 0.05) is 24.5 Å². The molecule has 86 valence electrons. The van der Waals surface area contributed by atoms with Gasteiger partial charge in [0.05, 0.1) is 0 Å². The number of nitrogens with zero attached hydrogens (tertiary/aromatic N) is 5. The third-order valence-electron chi connectivity index (χ3n) is 2.50. The van der Waals surface area contributed by atoms with Crippen molar-refractivity contribution in [1.82, 2.24) is 20.0 Å². The number of aryl methyl sites for hydroxylation is 1. The normalized spacial score (nSPS) is 10.1. The van der Waals surface area contributed by atoms with Crippen LogP contribution in [0.1, 0.15) is 25.5 Å². The predicted octanol–water partition coefficient (Wildman–Crippen LogP) is 2.01. The average molecular weight is 227 g/mol. The first-order valence-corrected chi connectivity index (χ1v) is 5.60. The standard InChI is InChI=1S/C12H13N5/c1-2-3-7-17-12(11(8-13)15-16-17)10-5-4-6-14-9-10/h4-6,9H,2-3,7H2,1H3. The minimum atomic E-state index is 0.356. The van der Waals surface area contributed by atoms with Crippen molar-refractivity contribution in [2.75, 3.05) is 0 Å². The van der Waals surface area contributed by atoms with Crippen molar-refractivity contribution in [2.45, 2.75) is 26.3 Å². The summed E-state index contributed by atoms with van der Waals surface area (Å²) in [6.07, 6.45) is 5.52. The molecule has 0 saturated carbocycles. The van der Waals surface area contributed by atoms with E-state index < -0.39 is 0 Å². The first kappa shape index (κ1) is 11.3. The van der Waals surface area contributed by atoms with Gasteiger partial charge in [-0.15, -0.1) is 5.10 Å². The van der Waals surface area contributed by atoms with E-state index in [1.807, 2.05) is 12.1 Å². The Morgan fingerprint density at radius 1 is 1.47 bits per heavy atom. The van der Waals surface area contributed by atoms with Gasteiger partial charge in [-0.25, -0.2) is 4.68 Å². The van der Waals surface area contributed by atoms with Gasteiger partial charge in [0.25, 0.3) is 0 Å². The molecule has 0 saturated heterocycles. The number of aromatic nitrogens is 4. The molecule has 2 heterocycles. The van der Waals surface area contributed by atoms with E-state index in [0.29, 0.717) is 5.69 Å². The van der Waals surface area contributed by atoms with Crippen molar-refractivity contribution in [3.63, 3.8) is 0 Å². The van der Waals surface area contributed by atoms with Crippen molar-refractivity contribution < 1.29 is 0 Å². The number of hydrogen-bond acceptors (Lipinski definition) is 4. The first-order chi connectivity index (χ1) is 8.36. The van der Waals surface area contributed by atoms with Gasteiger partial charge >= 0.3 is 0 Å². The first-order valence-electron chi connectivity index (χ1n) is 5.60. The monoisotopic (exact) mass is 227 g/mol. The van der Waals surface area contributed by atoms with Crippen molar-refractivity contribution >= 4 is 0 Å². The zero-order chi connectivity index (χ0) is 12.1. The fourth-order valence-electron chi connectivity index (χ4n) is 1.64. The average Bonchev–Trinajstić information content (AvgIpc) is 2.80. The van der Waals surface area contributed by atoms with Crippen LogP contribution in [-0.2, 0) is 6.54 Å². The molecule has 0 fully saturated rings. The van der Waals surface area contributed by atoms with E-state index in [4.69, 9.17) is 5.26 Å². The summed E-state index contributed by atoms with van der Waals surface area (Å²) < 4.78 is 1.78. The van der Waals surface area contributed by atoms with Crippen LogP contribution in [0.4, 0.5) is 0 Å². The van der Waals surface area contributed by atoms with Crippen LogP contribution in [0.25, 0.3) is 11.3 Å². The molecule has 0 aromatic carbocycles. The molecule has 0 aliphatic rings. The van der Waals surface area contributed by atoms with Gasteiger partial charge in [0.2, 0.25) is 0 Å². The Bertz CT molecular complexity index is 524. The van der Waals surface area contributed by atoms with Gasteiger partial charge in [0.1, 0.15) is 11.8 Å². The second kappa shape index (κ2) is 5.21. The minimum absolute atomic E-state index is 0.356. The smallest absolute Gasteiger partial charge is 0.190 e. The van der Waals surface area contributed by atoms with Gasteiger partial charge in [-0.2, -0.15) is 5.26 Å². The summed E-state index contributed by atoms with van der Waals surface area (Å²) in [6, 6.07) is 5.82.